The van der Waals surface area contributed by atoms with Crippen molar-refractivity contribution >= 4 is 11.8 Å². The lowest BCUT2D eigenvalue weighted by atomic mass is 9.90. The van der Waals surface area contributed by atoms with E-state index in [1.54, 1.807) is 11.9 Å². The SMILES string of the molecule is CN(Cc1cccc(-c2ccc(C(=O)N3CCC(c4ccncc4)CC3)cc2)c1)C(=O)CN. The Hall–Kier alpha value is -3.51. The van der Waals surface area contributed by atoms with Crippen LogP contribution in [0.15, 0.2) is 73.1 Å². The molecule has 0 aliphatic carbocycles. The molecular formula is C27H30N4O2. The van der Waals surface area contributed by atoms with Crippen LogP contribution >= 0.6 is 0 Å². The second kappa shape index (κ2) is 10.4. The summed E-state index contributed by atoms with van der Waals surface area (Å²) in [5, 5.41) is 0. The Morgan fingerprint density at radius 3 is 2.36 bits per heavy atom. The highest BCUT2D eigenvalue weighted by molar-refractivity contribution is 5.94. The number of piperidine rings is 1. The van der Waals surface area contributed by atoms with Crippen LogP contribution in [-0.2, 0) is 11.3 Å². The Morgan fingerprint density at radius 1 is 1.00 bits per heavy atom. The van der Waals surface area contributed by atoms with Crippen LogP contribution < -0.4 is 5.73 Å². The number of hydrogen-bond donors (Lipinski definition) is 1. The van der Waals surface area contributed by atoms with E-state index < -0.39 is 0 Å². The van der Waals surface area contributed by atoms with Crippen LogP contribution in [-0.4, -0.2) is 53.3 Å². The monoisotopic (exact) mass is 442 g/mol. The normalized spacial score (nSPS) is 14.2. The highest BCUT2D eigenvalue weighted by atomic mass is 16.2. The number of likely N-dealkylation sites (tertiary alicyclic amines) is 1. The Balaban J connectivity index is 1.39. The van der Waals surface area contributed by atoms with Crippen molar-refractivity contribution in [3.05, 3.63) is 89.7 Å². The molecule has 2 heterocycles. The Bertz CT molecular complexity index is 1090. The number of benzene rings is 2. The average molecular weight is 443 g/mol. The molecule has 2 N–H and O–H groups in total. The van der Waals surface area contributed by atoms with Gasteiger partial charge in [0.15, 0.2) is 0 Å². The third kappa shape index (κ3) is 5.46. The number of likely N-dealkylation sites (N-methyl/N-ethyl adjacent to an activating group) is 1. The molecule has 4 rings (SSSR count). The van der Waals surface area contributed by atoms with Crippen LogP contribution in [0.3, 0.4) is 0 Å². The van der Waals surface area contributed by atoms with E-state index in [1.807, 2.05) is 59.8 Å². The minimum Gasteiger partial charge on any atom is -0.340 e. The standard InChI is InChI=1S/C27H30N4O2/c1-30(26(32)18-28)19-20-3-2-4-25(17-20)21-5-7-24(8-6-21)27(33)31-15-11-23(12-16-31)22-9-13-29-14-10-22/h2-10,13-14,17,23H,11-12,15-16,18-19,28H2,1H3. The number of carbonyl (C=O) groups excluding carboxylic acids is 2. The fourth-order valence-corrected chi connectivity index (χ4v) is 4.41. The smallest absolute Gasteiger partial charge is 0.253 e. The van der Waals surface area contributed by atoms with Gasteiger partial charge in [0.2, 0.25) is 5.91 Å². The first-order valence-electron chi connectivity index (χ1n) is 11.4. The summed E-state index contributed by atoms with van der Waals surface area (Å²) in [6.07, 6.45) is 5.62. The summed E-state index contributed by atoms with van der Waals surface area (Å²) in [4.78, 5) is 32.5. The number of carbonyl (C=O) groups is 2. The van der Waals surface area contributed by atoms with Crippen molar-refractivity contribution in [1.29, 1.82) is 0 Å². The molecule has 2 amide bonds. The second-order valence-electron chi connectivity index (χ2n) is 8.58. The Labute approximate surface area is 195 Å². The first-order chi connectivity index (χ1) is 16.0. The predicted octanol–water partition coefficient (Wildman–Crippen LogP) is 3.69. The van der Waals surface area contributed by atoms with Gasteiger partial charge in [-0.05, 0) is 71.3 Å². The van der Waals surface area contributed by atoms with Gasteiger partial charge in [-0.25, -0.2) is 0 Å². The zero-order chi connectivity index (χ0) is 23.2. The summed E-state index contributed by atoms with van der Waals surface area (Å²) < 4.78 is 0. The molecule has 3 aromatic rings. The third-order valence-corrected chi connectivity index (χ3v) is 6.37. The molecule has 1 aliphatic heterocycles. The number of hydrogen-bond acceptors (Lipinski definition) is 4. The molecule has 1 aromatic heterocycles. The fraction of sp³-hybridized carbons (Fsp3) is 0.296. The van der Waals surface area contributed by atoms with Crippen LogP contribution in [0.1, 0.15) is 40.2 Å². The van der Waals surface area contributed by atoms with Crippen molar-refractivity contribution in [3.8, 4) is 11.1 Å². The summed E-state index contributed by atoms with van der Waals surface area (Å²) in [5.41, 5.74) is 10.6. The maximum Gasteiger partial charge on any atom is 0.253 e. The van der Waals surface area contributed by atoms with Crippen molar-refractivity contribution in [1.82, 2.24) is 14.8 Å². The lowest BCUT2D eigenvalue weighted by molar-refractivity contribution is -0.128. The van der Waals surface area contributed by atoms with Crippen LogP contribution in [0.4, 0.5) is 0 Å². The Morgan fingerprint density at radius 2 is 1.70 bits per heavy atom. The van der Waals surface area contributed by atoms with Gasteiger partial charge in [0, 0.05) is 44.6 Å². The minimum atomic E-state index is -0.0897. The topological polar surface area (TPSA) is 79.5 Å². The van der Waals surface area contributed by atoms with Gasteiger partial charge in [-0.2, -0.15) is 0 Å². The Kier molecular flexibility index (Phi) is 7.15. The van der Waals surface area contributed by atoms with Gasteiger partial charge in [-0.15, -0.1) is 0 Å². The van der Waals surface area contributed by atoms with Gasteiger partial charge < -0.3 is 15.5 Å². The first-order valence-corrected chi connectivity index (χ1v) is 11.4. The molecule has 6 heteroatoms. The number of pyridine rings is 1. The second-order valence-corrected chi connectivity index (χ2v) is 8.58. The highest BCUT2D eigenvalue weighted by Gasteiger charge is 2.24. The van der Waals surface area contributed by atoms with Crippen molar-refractivity contribution in [2.45, 2.75) is 25.3 Å². The van der Waals surface area contributed by atoms with Crippen molar-refractivity contribution in [3.63, 3.8) is 0 Å². The summed E-state index contributed by atoms with van der Waals surface area (Å²) in [6, 6.07) is 20.0. The molecule has 6 nitrogen and oxygen atoms in total. The maximum atomic E-state index is 13.0. The van der Waals surface area contributed by atoms with E-state index in [-0.39, 0.29) is 18.4 Å². The summed E-state index contributed by atoms with van der Waals surface area (Å²) in [6.45, 7) is 2.05. The summed E-state index contributed by atoms with van der Waals surface area (Å²) in [7, 11) is 1.75. The van der Waals surface area contributed by atoms with Gasteiger partial charge in [0.25, 0.3) is 5.91 Å². The number of nitrogens with zero attached hydrogens (tertiary/aromatic N) is 3. The first kappa shape index (κ1) is 22.7. The molecule has 0 saturated carbocycles. The molecule has 1 aliphatic rings. The van der Waals surface area contributed by atoms with Crippen molar-refractivity contribution in [2.75, 3.05) is 26.7 Å². The molecule has 0 atom stereocenters. The van der Waals surface area contributed by atoms with Gasteiger partial charge in [0.05, 0.1) is 6.54 Å². The van der Waals surface area contributed by atoms with E-state index in [1.165, 1.54) is 5.56 Å². The molecular weight excluding hydrogens is 412 g/mol. The number of amides is 2. The van der Waals surface area contributed by atoms with E-state index >= 15 is 0 Å². The van der Waals surface area contributed by atoms with Crippen LogP contribution in [0.25, 0.3) is 11.1 Å². The van der Waals surface area contributed by atoms with Crippen molar-refractivity contribution < 1.29 is 9.59 Å². The van der Waals surface area contributed by atoms with Gasteiger partial charge >= 0.3 is 0 Å². The van der Waals surface area contributed by atoms with E-state index in [4.69, 9.17) is 5.73 Å². The number of nitrogens with two attached hydrogens (primary N) is 1. The van der Waals surface area contributed by atoms with Gasteiger partial charge in [-0.3, -0.25) is 14.6 Å². The molecule has 0 bridgehead atoms. The average Bonchev–Trinajstić information content (AvgIpc) is 2.88. The van der Waals surface area contributed by atoms with Gasteiger partial charge in [0.1, 0.15) is 0 Å². The predicted molar refractivity (Wildman–Crippen MR) is 130 cm³/mol. The van der Waals surface area contributed by atoms with Gasteiger partial charge in [-0.1, -0.05) is 30.3 Å². The van der Waals surface area contributed by atoms with E-state index in [2.05, 4.69) is 23.2 Å². The lowest BCUT2D eigenvalue weighted by Crippen LogP contribution is -2.37. The van der Waals surface area contributed by atoms with Crippen LogP contribution in [0.5, 0.6) is 0 Å². The molecule has 1 saturated heterocycles. The maximum absolute atomic E-state index is 13.0. The van der Waals surface area contributed by atoms with Crippen molar-refractivity contribution in [2.24, 2.45) is 5.73 Å². The zero-order valence-corrected chi connectivity index (χ0v) is 19.0. The van der Waals surface area contributed by atoms with Crippen LogP contribution in [0, 0.1) is 0 Å². The fourth-order valence-electron chi connectivity index (χ4n) is 4.41. The molecule has 170 valence electrons. The minimum absolute atomic E-state index is 0.00703. The molecule has 0 radical (unpaired) electrons. The molecule has 0 unspecified atom stereocenters. The van der Waals surface area contributed by atoms with Crippen LogP contribution in [0.2, 0.25) is 0 Å². The quantitative estimate of drug-likeness (QED) is 0.632. The highest BCUT2D eigenvalue weighted by Crippen LogP contribution is 2.28. The van der Waals surface area contributed by atoms with E-state index in [0.717, 1.165) is 42.6 Å². The number of aromatic nitrogens is 1. The molecule has 33 heavy (non-hydrogen) atoms. The zero-order valence-electron chi connectivity index (χ0n) is 19.0. The summed E-state index contributed by atoms with van der Waals surface area (Å²) >= 11 is 0. The number of rotatable bonds is 6. The van der Waals surface area contributed by atoms with E-state index in [9.17, 15) is 9.59 Å². The molecule has 1 fully saturated rings. The van der Waals surface area contributed by atoms with E-state index in [0.29, 0.717) is 18.0 Å². The molecule has 2 aromatic carbocycles. The third-order valence-electron chi connectivity index (χ3n) is 6.37. The lowest BCUT2D eigenvalue weighted by Gasteiger charge is -2.32. The summed E-state index contributed by atoms with van der Waals surface area (Å²) in [5.74, 6) is 0.490. The largest absolute Gasteiger partial charge is 0.340 e. The molecule has 0 spiro atoms.